The Bertz CT molecular complexity index is 396. The first kappa shape index (κ1) is 10.4. The van der Waals surface area contributed by atoms with Crippen molar-refractivity contribution in [3.63, 3.8) is 0 Å². The second kappa shape index (κ2) is 3.24. The smallest absolute Gasteiger partial charge is 0.394 e. The molecule has 14 heavy (non-hydrogen) atoms. The van der Waals surface area contributed by atoms with Crippen LogP contribution in [0.15, 0.2) is 17.1 Å². The monoisotopic (exact) mass is 207 g/mol. The lowest BCUT2D eigenvalue weighted by Crippen LogP contribution is -2.30. The van der Waals surface area contributed by atoms with Crippen LogP contribution in [0, 0.1) is 0 Å². The van der Waals surface area contributed by atoms with Crippen molar-refractivity contribution in [2.75, 3.05) is 18.2 Å². The Morgan fingerprint density at radius 1 is 1.50 bits per heavy atom. The zero-order valence-corrected chi connectivity index (χ0v) is 7.22. The Kier molecular flexibility index (Phi) is 2.41. The molecule has 0 aliphatic carbocycles. The molecule has 0 radical (unpaired) electrons. The van der Waals surface area contributed by atoms with Crippen LogP contribution in [-0.2, 0) is 6.18 Å². The summed E-state index contributed by atoms with van der Waals surface area (Å²) in [6, 6.07) is 0.743. The minimum atomic E-state index is -4.60. The highest BCUT2D eigenvalue weighted by molar-refractivity contribution is 5.46. The molecule has 1 heterocycles. The molecule has 0 saturated heterocycles. The van der Waals surface area contributed by atoms with E-state index in [-0.39, 0.29) is 0 Å². The van der Waals surface area contributed by atoms with Gasteiger partial charge in [-0.3, -0.25) is 4.79 Å². The van der Waals surface area contributed by atoms with Crippen LogP contribution in [0.1, 0.15) is 5.56 Å². The molecule has 0 atom stereocenters. The first-order chi connectivity index (χ1) is 6.38. The van der Waals surface area contributed by atoms with Gasteiger partial charge < -0.3 is 11.2 Å². The number of pyridine rings is 1. The van der Waals surface area contributed by atoms with Crippen LogP contribution in [0.4, 0.5) is 18.9 Å². The van der Waals surface area contributed by atoms with Crippen LogP contribution < -0.4 is 16.7 Å². The van der Waals surface area contributed by atoms with Crippen LogP contribution in [-0.4, -0.2) is 11.7 Å². The average molecular weight is 207 g/mol. The SMILES string of the molecule is CNn1ccc(C(F)(F)F)c(N)c1=O. The first-order valence-corrected chi connectivity index (χ1v) is 3.64. The van der Waals surface area contributed by atoms with Gasteiger partial charge in [-0.2, -0.15) is 13.2 Å². The summed E-state index contributed by atoms with van der Waals surface area (Å²) in [6.45, 7) is 0. The molecule has 1 aromatic rings. The molecule has 0 aliphatic heterocycles. The van der Waals surface area contributed by atoms with Crippen LogP contribution in [0.5, 0.6) is 0 Å². The Morgan fingerprint density at radius 3 is 2.50 bits per heavy atom. The van der Waals surface area contributed by atoms with Gasteiger partial charge in [0.05, 0.1) is 5.56 Å². The number of halogens is 3. The lowest BCUT2D eigenvalue weighted by molar-refractivity contribution is -0.137. The maximum atomic E-state index is 12.2. The van der Waals surface area contributed by atoms with E-state index in [2.05, 4.69) is 5.43 Å². The van der Waals surface area contributed by atoms with Crippen molar-refractivity contribution in [1.82, 2.24) is 4.68 Å². The number of aromatic nitrogens is 1. The van der Waals surface area contributed by atoms with Gasteiger partial charge >= 0.3 is 6.18 Å². The standard InChI is InChI=1S/C7H8F3N3O/c1-12-13-3-2-4(7(8,9)10)5(11)6(13)14/h2-3,12H,11H2,1H3. The molecule has 0 aromatic carbocycles. The number of rotatable bonds is 1. The number of hydrogen-bond acceptors (Lipinski definition) is 3. The van der Waals surface area contributed by atoms with Gasteiger partial charge in [-0.05, 0) is 6.07 Å². The van der Waals surface area contributed by atoms with E-state index in [0.717, 1.165) is 16.9 Å². The van der Waals surface area contributed by atoms with E-state index in [4.69, 9.17) is 5.73 Å². The van der Waals surface area contributed by atoms with E-state index in [1.54, 1.807) is 0 Å². The van der Waals surface area contributed by atoms with Gasteiger partial charge in [0.1, 0.15) is 5.69 Å². The van der Waals surface area contributed by atoms with Crippen LogP contribution in [0.25, 0.3) is 0 Å². The highest BCUT2D eigenvalue weighted by atomic mass is 19.4. The number of alkyl halides is 3. The van der Waals surface area contributed by atoms with Gasteiger partial charge in [0.25, 0.3) is 5.56 Å². The summed E-state index contributed by atoms with van der Waals surface area (Å²) in [5.41, 5.74) is 4.58. The second-order valence-corrected chi connectivity index (χ2v) is 2.54. The second-order valence-electron chi connectivity index (χ2n) is 2.54. The Labute approximate surface area is 77.1 Å². The summed E-state index contributed by atoms with van der Waals surface area (Å²) >= 11 is 0. The van der Waals surface area contributed by atoms with Crippen molar-refractivity contribution in [2.24, 2.45) is 0 Å². The van der Waals surface area contributed by atoms with E-state index >= 15 is 0 Å². The van der Waals surface area contributed by atoms with E-state index < -0.39 is 23.0 Å². The maximum Gasteiger partial charge on any atom is 0.418 e. The third-order valence-electron chi connectivity index (χ3n) is 1.68. The van der Waals surface area contributed by atoms with Gasteiger partial charge in [0.2, 0.25) is 0 Å². The van der Waals surface area contributed by atoms with E-state index in [1.807, 2.05) is 0 Å². The minimum absolute atomic E-state index is 0.743. The molecule has 1 rings (SSSR count). The third kappa shape index (κ3) is 1.66. The summed E-state index contributed by atoms with van der Waals surface area (Å²) in [7, 11) is 1.40. The van der Waals surface area contributed by atoms with Crippen molar-refractivity contribution in [3.8, 4) is 0 Å². The lowest BCUT2D eigenvalue weighted by atomic mass is 10.2. The van der Waals surface area contributed by atoms with Crippen molar-refractivity contribution in [2.45, 2.75) is 6.18 Å². The number of nitrogens with two attached hydrogens (primary N) is 1. The molecule has 0 fully saturated rings. The Balaban J connectivity index is 3.40. The molecule has 3 N–H and O–H groups in total. The summed E-state index contributed by atoms with van der Waals surface area (Å²) in [4.78, 5) is 11.1. The summed E-state index contributed by atoms with van der Waals surface area (Å²) in [5, 5.41) is 0. The van der Waals surface area contributed by atoms with Gasteiger partial charge in [-0.1, -0.05) is 0 Å². The molecule has 7 heteroatoms. The first-order valence-electron chi connectivity index (χ1n) is 3.64. The minimum Gasteiger partial charge on any atom is -0.394 e. The maximum absolute atomic E-state index is 12.2. The predicted molar refractivity (Wildman–Crippen MR) is 45.4 cm³/mol. The molecule has 0 saturated carbocycles. The number of nitrogen functional groups attached to an aromatic ring is 1. The fraction of sp³-hybridized carbons (Fsp3) is 0.286. The van der Waals surface area contributed by atoms with Crippen molar-refractivity contribution >= 4 is 5.69 Å². The molecular weight excluding hydrogens is 199 g/mol. The van der Waals surface area contributed by atoms with Crippen molar-refractivity contribution < 1.29 is 13.2 Å². The number of nitrogens with one attached hydrogen (secondary N) is 1. The zero-order valence-electron chi connectivity index (χ0n) is 7.22. The van der Waals surface area contributed by atoms with E-state index in [9.17, 15) is 18.0 Å². The quantitative estimate of drug-likeness (QED) is 0.709. The summed E-state index contributed by atoms with van der Waals surface area (Å²) in [5.74, 6) is 0. The summed E-state index contributed by atoms with van der Waals surface area (Å²) in [6.07, 6.45) is -3.63. The fourth-order valence-electron chi connectivity index (χ4n) is 0.975. The zero-order chi connectivity index (χ0) is 10.9. The fourth-order valence-corrected chi connectivity index (χ4v) is 0.975. The largest absolute Gasteiger partial charge is 0.418 e. The predicted octanol–water partition coefficient (Wildman–Crippen LogP) is 0.623. The van der Waals surface area contributed by atoms with Crippen molar-refractivity contribution in [1.29, 1.82) is 0 Å². The van der Waals surface area contributed by atoms with Gasteiger partial charge in [-0.15, -0.1) is 0 Å². The molecule has 0 spiro atoms. The van der Waals surface area contributed by atoms with Crippen LogP contribution in [0.3, 0.4) is 0 Å². The summed E-state index contributed by atoms with van der Waals surface area (Å²) < 4.78 is 37.5. The van der Waals surface area contributed by atoms with Crippen LogP contribution >= 0.6 is 0 Å². The molecule has 4 nitrogen and oxygen atoms in total. The Hall–Kier alpha value is -1.66. The average Bonchev–Trinajstić information content (AvgIpc) is 2.07. The van der Waals surface area contributed by atoms with Gasteiger partial charge in [0.15, 0.2) is 0 Å². The molecule has 78 valence electrons. The molecule has 0 aliphatic rings. The number of anilines is 1. The highest BCUT2D eigenvalue weighted by Gasteiger charge is 2.34. The topological polar surface area (TPSA) is 60.1 Å². The highest BCUT2D eigenvalue weighted by Crippen LogP contribution is 2.31. The lowest BCUT2D eigenvalue weighted by Gasteiger charge is -2.11. The van der Waals surface area contributed by atoms with Crippen LogP contribution in [0.2, 0.25) is 0 Å². The molecule has 1 aromatic heterocycles. The molecule has 0 amide bonds. The Morgan fingerprint density at radius 2 is 2.07 bits per heavy atom. The molecule has 0 unspecified atom stereocenters. The van der Waals surface area contributed by atoms with Gasteiger partial charge in [-0.25, -0.2) is 4.68 Å². The van der Waals surface area contributed by atoms with Crippen molar-refractivity contribution in [3.05, 3.63) is 28.2 Å². The van der Waals surface area contributed by atoms with E-state index in [0.29, 0.717) is 0 Å². The van der Waals surface area contributed by atoms with Gasteiger partial charge in [0, 0.05) is 13.2 Å². The normalized spacial score (nSPS) is 11.4. The number of hydrogen-bond donors (Lipinski definition) is 2. The van der Waals surface area contributed by atoms with E-state index in [1.165, 1.54) is 7.05 Å². The number of nitrogens with zero attached hydrogens (tertiary/aromatic N) is 1. The molecular formula is C7H8F3N3O. The molecule has 0 bridgehead atoms. The third-order valence-corrected chi connectivity index (χ3v) is 1.68.